The van der Waals surface area contributed by atoms with Crippen molar-refractivity contribution in [1.29, 1.82) is 0 Å². The SMILES string of the molecule is CCCCC1NCN(C2CCOC2C)C1=O. The summed E-state index contributed by atoms with van der Waals surface area (Å²) in [5.41, 5.74) is 0. The van der Waals surface area contributed by atoms with Crippen molar-refractivity contribution >= 4 is 5.91 Å². The summed E-state index contributed by atoms with van der Waals surface area (Å²) >= 11 is 0. The van der Waals surface area contributed by atoms with E-state index in [-0.39, 0.29) is 24.1 Å². The minimum atomic E-state index is 0.0488. The lowest BCUT2D eigenvalue weighted by atomic mass is 10.1. The van der Waals surface area contributed by atoms with Crippen molar-refractivity contribution in [2.75, 3.05) is 13.3 Å². The number of nitrogens with one attached hydrogen (secondary N) is 1. The van der Waals surface area contributed by atoms with Crippen molar-refractivity contribution in [1.82, 2.24) is 10.2 Å². The van der Waals surface area contributed by atoms with Crippen LogP contribution in [0.3, 0.4) is 0 Å². The first-order chi connectivity index (χ1) is 7.74. The number of amides is 1. The summed E-state index contributed by atoms with van der Waals surface area (Å²) in [6.45, 7) is 5.70. The summed E-state index contributed by atoms with van der Waals surface area (Å²) in [5, 5.41) is 3.31. The number of carbonyl (C=O) groups is 1. The molecule has 92 valence electrons. The Labute approximate surface area is 97.3 Å². The number of carbonyl (C=O) groups excluding carboxylic acids is 1. The molecule has 2 rings (SSSR count). The van der Waals surface area contributed by atoms with Crippen LogP contribution in [0.4, 0.5) is 0 Å². The number of ether oxygens (including phenoxy) is 1. The quantitative estimate of drug-likeness (QED) is 0.781. The Kier molecular flexibility index (Phi) is 3.82. The number of hydrogen-bond donors (Lipinski definition) is 1. The molecule has 0 saturated carbocycles. The van der Waals surface area contributed by atoms with Gasteiger partial charge in [-0.1, -0.05) is 19.8 Å². The summed E-state index contributed by atoms with van der Waals surface area (Å²) in [5.74, 6) is 0.274. The molecule has 4 heteroatoms. The van der Waals surface area contributed by atoms with E-state index in [0.717, 1.165) is 32.3 Å². The molecule has 2 aliphatic heterocycles. The molecule has 3 unspecified atom stereocenters. The second-order valence-electron chi connectivity index (χ2n) is 4.80. The lowest BCUT2D eigenvalue weighted by molar-refractivity contribution is -0.131. The normalized spacial score (nSPS) is 35.0. The summed E-state index contributed by atoms with van der Waals surface area (Å²) in [4.78, 5) is 14.1. The molecular weight excluding hydrogens is 204 g/mol. The number of unbranched alkanes of at least 4 members (excludes halogenated alkanes) is 1. The zero-order valence-electron chi connectivity index (χ0n) is 10.2. The molecule has 0 aromatic heterocycles. The van der Waals surface area contributed by atoms with E-state index < -0.39 is 0 Å². The van der Waals surface area contributed by atoms with E-state index in [4.69, 9.17) is 4.74 Å². The van der Waals surface area contributed by atoms with Crippen LogP contribution in [0.25, 0.3) is 0 Å². The molecule has 2 fully saturated rings. The first-order valence-corrected chi connectivity index (χ1v) is 6.39. The van der Waals surface area contributed by atoms with E-state index in [1.807, 2.05) is 4.90 Å². The van der Waals surface area contributed by atoms with E-state index in [9.17, 15) is 4.79 Å². The molecule has 4 nitrogen and oxygen atoms in total. The fraction of sp³-hybridized carbons (Fsp3) is 0.917. The highest BCUT2D eigenvalue weighted by Gasteiger charge is 2.39. The predicted molar refractivity (Wildman–Crippen MR) is 62.0 cm³/mol. The molecule has 0 aliphatic carbocycles. The molecule has 0 bridgehead atoms. The summed E-state index contributed by atoms with van der Waals surface area (Å²) in [6.07, 6.45) is 4.40. The van der Waals surface area contributed by atoms with Crippen LogP contribution in [-0.2, 0) is 9.53 Å². The molecule has 3 atom stereocenters. The van der Waals surface area contributed by atoms with E-state index in [2.05, 4.69) is 19.2 Å². The monoisotopic (exact) mass is 226 g/mol. The van der Waals surface area contributed by atoms with Crippen LogP contribution < -0.4 is 5.32 Å². The third kappa shape index (κ3) is 2.23. The first kappa shape index (κ1) is 11.9. The molecule has 1 amide bonds. The third-order valence-electron chi connectivity index (χ3n) is 3.67. The molecular formula is C12H22N2O2. The Morgan fingerprint density at radius 3 is 3.00 bits per heavy atom. The zero-order valence-corrected chi connectivity index (χ0v) is 10.2. The summed E-state index contributed by atoms with van der Waals surface area (Å²) in [7, 11) is 0. The first-order valence-electron chi connectivity index (χ1n) is 6.39. The van der Waals surface area contributed by atoms with Crippen molar-refractivity contribution < 1.29 is 9.53 Å². The molecule has 2 saturated heterocycles. The molecule has 2 heterocycles. The second kappa shape index (κ2) is 5.15. The van der Waals surface area contributed by atoms with Crippen LogP contribution in [0.15, 0.2) is 0 Å². The van der Waals surface area contributed by atoms with Gasteiger partial charge in [0.15, 0.2) is 0 Å². The maximum absolute atomic E-state index is 12.2. The van der Waals surface area contributed by atoms with E-state index in [1.54, 1.807) is 0 Å². The summed E-state index contributed by atoms with van der Waals surface area (Å²) in [6, 6.07) is 0.333. The third-order valence-corrected chi connectivity index (χ3v) is 3.67. The maximum atomic E-state index is 12.2. The minimum Gasteiger partial charge on any atom is -0.376 e. The van der Waals surface area contributed by atoms with Crippen LogP contribution in [0.2, 0.25) is 0 Å². The van der Waals surface area contributed by atoms with Crippen molar-refractivity contribution in [3.63, 3.8) is 0 Å². The highest BCUT2D eigenvalue weighted by Crippen LogP contribution is 2.23. The predicted octanol–water partition coefficient (Wildman–Crippen LogP) is 1.11. The van der Waals surface area contributed by atoms with Gasteiger partial charge in [-0.2, -0.15) is 0 Å². The fourth-order valence-electron chi connectivity index (χ4n) is 2.62. The molecule has 0 radical (unpaired) electrons. The number of rotatable bonds is 4. The summed E-state index contributed by atoms with van der Waals surface area (Å²) < 4.78 is 5.52. The fourth-order valence-corrected chi connectivity index (χ4v) is 2.62. The maximum Gasteiger partial charge on any atom is 0.241 e. The van der Waals surface area contributed by atoms with Crippen molar-refractivity contribution in [2.45, 2.75) is 57.7 Å². The largest absolute Gasteiger partial charge is 0.376 e. The zero-order chi connectivity index (χ0) is 11.5. The van der Waals surface area contributed by atoms with Crippen LogP contribution in [0.1, 0.15) is 39.5 Å². The van der Waals surface area contributed by atoms with Gasteiger partial charge in [-0.15, -0.1) is 0 Å². The molecule has 0 aromatic carbocycles. The minimum absolute atomic E-state index is 0.0488. The highest BCUT2D eigenvalue weighted by atomic mass is 16.5. The van der Waals surface area contributed by atoms with Crippen molar-refractivity contribution in [3.8, 4) is 0 Å². The van der Waals surface area contributed by atoms with Gasteiger partial charge in [-0.25, -0.2) is 0 Å². The lowest BCUT2D eigenvalue weighted by Gasteiger charge is -2.25. The molecule has 0 aromatic rings. The van der Waals surface area contributed by atoms with Gasteiger partial charge < -0.3 is 9.64 Å². The Morgan fingerprint density at radius 1 is 1.56 bits per heavy atom. The second-order valence-corrected chi connectivity index (χ2v) is 4.80. The molecule has 2 aliphatic rings. The van der Waals surface area contributed by atoms with Gasteiger partial charge in [0.05, 0.1) is 24.9 Å². The molecule has 1 N–H and O–H groups in total. The van der Waals surface area contributed by atoms with Gasteiger partial charge in [0.2, 0.25) is 5.91 Å². The van der Waals surface area contributed by atoms with Gasteiger partial charge in [-0.05, 0) is 19.8 Å². The highest BCUT2D eigenvalue weighted by molar-refractivity contribution is 5.84. The van der Waals surface area contributed by atoms with E-state index in [1.165, 1.54) is 0 Å². The van der Waals surface area contributed by atoms with Gasteiger partial charge >= 0.3 is 0 Å². The number of nitrogens with zero attached hydrogens (tertiary/aromatic N) is 1. The van der Waals surface area contributed by atoms with Crippen molar-refractivity contribution in [3.05, 3.63) is 0 Å². The van der Waals surface area contributed by atoms with Crippen LogP contribution >= 0.6 is 0 Å². The van der Waals surface area contributed by atoms with Crippen molar-refractivity contribution in [2.24, 2.45) is 0 Å². The van der Waals surface area contributed by atoms with Gasteiger partial charge in [0, 0.05) is 6.61 Å². The van der Waals surface area contributed by atoms with Crippen LogP contribution in [0.5, 0.6) is 0 Å². The van der Waals surface area contributed by atoms with Gasteiger partial charge in [0.25, 0.3) is 0 Å². The Hall–Kier alpha value is -0.610. The molecule has 0 spiro atoms. The van der Waals surface area contributed by atoms with Gasteiger partial charge in [-0.3, -0.25) is 10.1 Å². The van der Waals surface area contributed by atoms with Crippen LogP contribution in [0, 0.1) is 0 Å². The Bertz CT molecular complexity index is 257. The Morgan fingerprint density at radius 2 is 2.38 bits per heavy atom. The topological polar surface area (TPSA) is 41.6 Å². The lowest BCUT2D eigenvalue weighted by Crippen LogP contribution is -2.42. The van der Waals surface area contributed by atoms with Crippen LogP contribution in [-0.4, -0.2) is 42.3 Å². The Balaban J connectivity index is 1.91. The van der Waals surface area contributed by atoms with Gasteiger partial charge in [0.1, 0.15) is 0 Å². The number of hydrogen-bond acceptors (Lipinski definition) is 3. The smallest absolute Gasteiger partial charge is 0.241 e. The van der Waals surface area contributed by atoms with E-state index in [0.29, 0.717) is 6.67 Å². The standard InChI is InChI=1S/C12H22N2O2/c1-3-4-5-10-12(15)14(8-13-10)11-6-7-16-9(11)2/h9-11,13H,3-8H2,1-2H3. The molecule has 16 heavy (non-hydrogen) atoms. The van der Waals surface area contributed by atoms with E-state index >= 15 is 0 Å². The average molecular weight is 226 g/mol. The average Bonchev–Trinajstić information content (AvgIpc) is 2.83.